The summed E-state index contributed by atoms with van der Waals surface area (Å²) in [6, 6.07) is 6.75. The van der Waals surface area contributed by atoms with Crippen molar-refractivity contribution in [2.45, 2.75) is 51.7 Å². The number of hydrogen-bond donors (Lipinski definition) is 1. The first-order chi connectivity index (χ1) is 11.6. The van der Waals surface area contributed by atoms with Crippen LogP contribution in [-0.4, -0.2) is 36.5 Å². The van der Waals surface area contributed by atoms with Crippen LogP contribution < -0.4 is 0 Å². The average molecular weight is 381 g/mol. The minimum Gasteiger partial charge on any atom is -0.384 e. The molecule has 2 heterocycles. The van der Waals surface area contributed by atoms with Gasteiger partial charge in [0, 0.05) is 20.1 Å². The highest BCUT2D eigenvalue weighted by atomic mass is 32.1. The molecular weight excluding hydrogens is 352 g/mol. The number of aromatic nitrogens is 2. The van der Waals surface area contributed by atoms with Crippen molar-refractivity contribution in [2.75, 3.05) is 13.4 Å². The molecule has 0 saturated heterocycles. The van der Waals surface area contributed by atoms with Crippen LogP contribution in [0.4, 0.5) is 0 Å². The highest BCUT2D eigenvalue weighted by Crippen LogP contribution is 2.25. The lowest BCUT2D eigenvalue weighted by Crippen LogP contribution is -2.22. The quantitative estimate of drug-likeness (QED) is 0.400. The third-order valence-corrected chi connectivity index (χ3v) is 6.18. The maximum atomic E-state index is 10.1. The third kappa shape index (κ3) is 6.95. The Labute approximate surface area is 155 Å². The summed E-state index contributed by atoms with van der Waals surface area (Å²) in [5.74, 6) is 0. The summed E-state index contributed by atoms with van der Waals surface area (Å²) in [5.41, 5.74) is 1.30. The molecule has 2 aromatic heterocycles. The minimum atomic E-state index is -1.05. The lowest BCUT2D eigenvalue weighted by Gasteiger charge is -2.16. The molecule has 0 aromatic carbocycles. The minimum absolute atomic E-state index is 0.295. The van der Waals surface area contributed by atoms with E-state index >= 15 is 0 Å². The summed E-state index contributed by atoms with van der Waals surface area (Å²) in [6.45, 7) is 11.9. The summed E-state index contributed by atoms with van der Waals surface area (Å²) < 4.78 is 11.1. The number of thiazole rings is 1. The molecule has 0 saturated carbocycles. The monoisotopic (exact) mass is 380 g/mol. The number of ether oxygens (including phenoxy) is 2. The Balaban J connectivity index is 1.84. The van der Waals surface area contributed by atoms with E-state index in [1.54, 1.807) is 13.8 Å². The summed E-state index contributed by atoms with van der Waals surface area (Å²) in [6.07, 6.45) is 0. The van der Waals surface area contributed by atoms with Crippen molar-refractivity contribution in [3.05, 3.63) is 35.0 Å². The number of rotatable bonds is 9. The SMILES string of the molecule is CC(C)(O)c1cccc(-c2nc(COCOCC[Si](C)(C)C)cs2)n1. The summed E-state index contributed by atoms with van der Waals surface area (Å²) in [7, 11) is -1.05. The zero-order valence-electron chi connectivity index (χ0n) is 15.7. The van der Waals surface area contributed by atoms with E-state index in [0.717, 1.165) is 29.0 Å². The van der Waals surface area contributed by atoms with E-state index in [-0.39, 0.29) is 0 Å². The smallest absolute Gasteiger partial charge is 0.147 e. The van der Waals surface area contributed by atoms with Gasteiger partial charge in [-0.25, -0.2) is 9.97 Å². The fourth-order valence-corrected chi connectivity index (χ4v) is 3.56. The van der Waals surface area contributed by atoms with Gasteiger partial charge < -0.3 is 14.6 Å². The number of aliphatic hydroxyl groups is 1. The van der Waals surface area contributed by atoms with E-state index in [1.807, 2.05) is 23.6 Å². The lowest BCUT2D eigenvalue weighted by atomic mass is 10.0. The van der Waals surface area contributed by atoms with Gasteiger partial charge in [0.1, 0.15) is 17.4 Å². The van der Waals surface area contributed by atoms with Crippen molar-refractivity contribution in [2.24, 2.45) is 0 Å². The topological polar surface area (TPSA) is 64.5 Å². The maximum absolute atomic E-state index is 10.1. The summed E-state index contributed by atoms with van der Waals surface area (Å²) in [4.78, 5) is 9.07. The van der Waals surface area contributed by atoms with E-state index in [4.69, 9.17) is 9.47 Å². The molecule has 5 nitrogen and oxygen atoms in total. The van der Waals surface area contributed by atoms with Gasteiger partial charge in [-0.1, -0.05) is 25.7 Å². The van der Waals surface area contributed by atoms with Crippen molar-refractivity contribution in [1.82, 2.24) is 9.97 Å². The maximum Gasteiger partial charge on any atom is 0.147 e. The predicted octanol–water partition coefficient (Wildman–Crippen LogP) is 4.26. The predicted molar refractivity (Wildman–Crippen MR) is 104 cm³/mol. The molecule has 0 fully saturated rings. The first-order valence-corrected chi connectivity index (χ1v) is 13.0. The molecule has 0 spiro atoms. The van der Waals surface area contributed by atoms with Crippen molar-refractivity contribution in [3.63, 3.8) is 0 Å². The van der Waals surface area contributed by atoms with Crippen molar-refractivity contribution in [3.8, 4) is 10.7 Å². The zero-order chi connectivity index (χ0) is 18.5. The van der Waals surface area contributed by atoms with Crippen LogP contribution in [0.2, 0.25) is 25.7 Å². The molecule has 0 unspecified atom stereocenters. The second-order valence-corrected chi connectivity index (χ2v) is 14.3. The molecule has 0 bridgehead atoms. The first-order valence-electron chi connectivity index (χ1n) is 8.45. The van der Waals surface area contributed by atoms with Gasteiger partial charge in [0.05, 0.1) is 23.7 Å². The summed E-state index contributed by atoms with van der Waals surface area (Å²) in [5, 5.41) is 12.9. The summed E-state index contributed by atoms with van der Waals surface area (Å²) >= 11 is 1.52. The van der Waals surface area contributed by atoms with Gasteiger partial charge in [0.15, 0.2) is 0 Å². The second-order valence-electron chi connectivity index (χ2n) is 7.80. The fourth-order valence-electron chi connectivity index (χ4n) is 2.03. The van der Waals surface area contributed by atoms with Crippen molar-refractivity contribution in [1.29, 1.82) is 0 Å². The fraction of sp³-hybridized carbons (Fsp3) is 0.556. The third-order valence-electron chi connectivity index (χ3n) is 3.56. The van der Waals surface area contributed by atoms with Gasteiger partial charge >= 0.3 is 0 Å². The van der Waals surface area contributed by atoms with Crippen LogP contribution >= 0.6 is 11.3 Å². The van der Waals surface area contributed by atoms with E-state index in [9.17, 15) is 5.11 Å². The van der Waals surface area contributed by atoms with E-state index in [0.29, 0.717) is 19.1 Å². The Morgan fingerprint density at radius 1 is 1.16 bits per heavy atom. The molecule has 0 aliphatic rings. The standard InChI is InChI=1S/C18H28N2O3SSi/c1-18(2,21)16-8-6-7-15(20-16)17-19-14(12-24-17)11-23-13-22-9-10-25(3,4)5/h6-8,12,21H,9-11,13H2,1-5H3. The average Bonchev–Trinajstić information content (AvgIpc) is 2.98. The van der Waals surface area contributed by atoms with Crippen molar-refractivity contribution >= 4 is 19.4 Å². The van der Waals surface area contributed by atoms with Crippen LogP contribution in [0.3, 0.4) is 0 Å². The Morgan fingerprint density at radius 2 is 1.92 bits per heavy atom. The Hall–Kier alpha value is -1.12. The molecule has 7 heteroatoms. The highest BCUT2D eigenvalue weighted by Gasteiger charge is 2.18. The largest absolute Gasteiger partial charge is 0.384 e. The van der Waals surface area contributed by atoms with Crippen molar-refractivity contribution < 1.29 is 14.6 Å². The molecule has 138 valence electrons. The van der Waals surface area contributed by atoms with Crippen LogP contribution in [0.5, 0.6) is 0 Å². The molecule has 0 atom stereocenters. The first kappa shape index (κ1) is 20.2. The number of hydrogen-bond acceptors (Lipinski definition) is 6. The highest BCUT2D eigenvalue weighted by molar-refractivity contribution is 7.13. The molecule has 0 aliphatic carbocycles. The normalized spacial score (nSPS) is 12.6. The van der Waals surface area contributed by atoms with Crippen LogP contribution in [-0.2, 0) is 21.7 Å². The van der Waals surface area contributed by atoms with Gasteiger partial charge in [-0.3, -0.25) is 0 Å². The van der Waals surface area contributed by atoms with Gasteiger partial charge in [0.25, 0.3) is 0 Å². The number of nitrogens with zero attached hydrogens (tertiary/aromatic N) is 2. The zero-order valence-corrected chi connectivity index (χ0v) is 17.5. The Morgan fingerprint density at radius 3 is 2.60 bits per heavy atom. The number of pyridine rings is 1. The molecule has 25 heavy (non-hydrogen) atoms. The van der Waals surface area contributed by atoms with Gasteiger partial charge in [-0.2, -0.15) is 0 Å². The van der Waals surface area contributed by atoms with Crippen LogP contribution in [0.15, 0.2) is 23.6 Å². The Bertz CT molecular complexity index is 677. The van der Waals surface area contributed by atoms with Crippen LogP contribution in [0, 0.1) is 0 Å². The van der Waals surface area contributed by atoms with E-state index in [2.05, 4.69) is 29.6 Å². The molecular formula is C18H28N2O3SSi. The lowest BCUT2D eigenvalue weighted by molar-refractivity contribution is -0.0581. The molecule has 2 aromatic rings. The Kier molecular flexibility index (Phi) is 6.87. The van der Waals surface area contributed by atoms with Crippen LogP contribution in [0.25, 0.3) is 10.7 Å². The van der Waals surface area contributed by atoms with Crippen LogP contribution in [0.1, 0.15) is 25.2 Å². The van der Waals surface area contributed by atoms with E-state index < -0.39 is 13.7 Å². The van der Waals surface area contributed by atoms with Gasteiger partial charge in [0.2, 0.25) is 0 Å². The second kappa shape index (κ2) is 8.51. The molecule has 1 N–H and O–H groups in total. The molecule has 0 radical (unpaired) electrons. The molecule has 0 aliphatic heterocycles. The molecule has 2 rings (SSSR count). The molecule has 0 amide bonds. The van der Waals surface area contributed by atoms with Gasteiger partial charge in [-0.05, 0) is 32.0 Å². The van der Waals surface area contributed by atoms with Gasteiger partial charge in [-0.15, -0.1) is 11.3 Å². The van der Waals surface area contributed by atoms with E-state index in [1.165, 1.54) is 11.3 Å².